The van der Waals surface area contributed by atoms with Crippen molar-refractivity contribution in [3.05, 3.63) is 82.9 Å². The summed E-state index contributed by atoms with van der Waals surface area (Å²) in [6.07, 6.45) is 0. The van der Waals surface area contributed by atoms with Crippen LogP contribution in [0.15, 0.2) is 60.7 Å². The van der Waals surface area contributed by atoms with Crippen LogP contribution in [0.2, 0.25) is 0 Å². The number of rotatable bonds is 5. The predicted octanol–water partition coefficient (Wildman–Crippen LogP) is 5.96. The fourth-order valence-corrected chi connectivity index (χ4v) is 4.83. The molecule has 1 N–H and O–H groups in total. The summed E-state index contributed by atoms with van der Waals surface area (Å²) in [5, 5.41) is 12.8. The summed E-state index contributed by atoms with van der Waals surface area (Å²) in [7, 11) is 12.3. The molecule has 0 aliphatic heterocycles. The zero-order chi connectivity index (χ0) is 21.4. The van der Waals surface area contributed by atoms with Crippen molar-refractivity contribution in [1.82, 2.24) is 0 Å². The van der Waals surface area contributed by atoms with Crippen LogP contribution >= 0.6 is 27.2 Å². The number of aryl methyl sites for hydroxylation is 3. The molecule has 1 unspecified atom stereocenters. The van der Waals surface area contributed by atoms with Gasteiger partial charge in [-0.2, -0.15) is 0 Å². The monoisotopic (exact) mass is 481 g/mol. The third kappa shape index (κ3) is 7.02. The number of hydrogen-bond donors (Lipinski definition) is 1. The van der Waals surface area contributed by atoms with Gasteiger partial charge in [0.15, 0.2) is 0 Å². The van der Waals surface area contributed by atoms with Crippen molar-refractivity contribution in [2.75, 3.05) is 11.9 Å². The van der Waals surface area contributed by atoms with E-state index in [9.17, 15) is 5.11 Å². The van der Waals surface area contributed by atoms with E-state index in [1.165, 1.54) is 27.7 Å². The summed E-state index contributed by atoms with van der Waals surface area (Å²) in [6, 6.07) is 21.1. The number of aromatic hydroxyl groups is 1. The molecule has 3 rings (SSSR count). The van der Waals surface area contributed by atoms with Gasteiger partial charge in [0.1, 0.15) is 5.75 Å². The molecule has 3 aromatic carbocycles. The molecule has 0 bridgehead atoms. The van der Waals surface area contributed by atoms with Gasteiger partial charge in [-0.3, -0.25) is 0 Å². The summed E-state index contributed by atoms with van der Waals surface area (Å²) in [5.74, 6) is 0.425. The SMILES string of the molecule is Cc1cc(C)c(O)c(Pc2c(C)cccc2N(C)Cc2ccccc2)c1.[Cl][Ti][Cl]. The number of phenolic OH excluding ortho intramolecular Hbond substituents is 1. The Morgan fingerprint density at radius 1 is 0.931 bits per heavy atom. The molecule has 0 saturated carbocycles. The Kier molecular flexibility index (Phi) is 10.0. The Labute approximate surface area is 192 Å². The Morgan fingerprint density at radius 2 is 1.59 bits per heavy atom. The van der Waals surface area contributed by atoms with Crippen molar-refractivity contribution in [1.29, 1.82) is 0 Å². The summed E-state index contributed by atoms with van der Waals surface area (Å²) in [5.41, 5.74) is 5.92. The Hall–Kier alpha value is -1.02. The van der Waals surface area contributed by atoms with Crippen LogP contribution in [0.4, 0.5) is 5.69 Å². The Bertz CT molecular complexity index is 938. The zero-order valence-electron chi connectivity index (χ0n) is 17.1. The van der Waals surface area contributed by atoms with Crippen LogP contribution in [0.1, 0.15) is 22.3 Å². The second kappa shape index (κ2) is 12.0. The van der Waals surface area contributed by atoms with E-state index in [0.717, 1.165) is 17.4 Å². The number of hydrogen-bond acceptors (Lipinski definition) is 2. The minimum atomic E-state index is -0.556. The van der Waals surface area contributed by atoms with Crippen LogP contribution in [0.3, 0.4) is 0 Å². The molecular formula is C23H26Cl2NOPTi. The quantitative estimate of drug-likeness (QED) is 0.359. The fraction of sp³-hybridized carbons (Fsp3) is 0.217. The van der Waals surface area contributed by atoms with Gasteiger partial charge in [-0.15, -0.1) is 0 Å². The number of nitrogens with zero attached hydrogens (tertiary/aromatic N) is 1. The maximum absolute atomic E-state index is 10.5. The van der Waals surface area contributed by atoms with Crippen molar-refractivity contribution < 1.29 is 22.1 Å². The van der Waals surface area contributed by atoms with E-state index in [4.69, 9.17) is 18.6 Å². The number of phenols is 1. The molecule has 152 valence electrons. The molecule has 29 heavy (non-hydrogen) atoms. The van der Waals surface area contributed by atoms with Crippen LogP contribution in [-0.4, -0.2) is 12.2 Å². The topological polar surface area (TPSA) is 23.5 Å². The van der Waals surface area contributed by atoms with Gasteiger partial charge in [0, 0.05) is 29.9 Å². The maximum atomic E-state index is 10.5. The van der Waals surface area contributed by atoms with E-state index in [1.807, 2.05) is 19.1 Å². The molecule has 0 spiro atoms. The summed E-state index contributed by atoms with van der Waals surface area (Å²) in [6.45, 7) is 7.07. The van der Waals surface area contributed by atoms with Gasteiger partial charge in [0.2, 0.25) is 0 Å². The third-order valence-corrected chi connectivity index (χ3v) is 6.18. The first kappa shape index (κ1) is 24.3. The van der Waals surface area contributed by atoms with Gasteiger partial charge in [0.25, 0.3) is 0 Å². The molecule has 3 aromatic rings. The summed E-state index contributed by atoms with van der Waals surface area (Å²) >= 11 is -0.556. The van der Waals surface area contributed by atoms with Crippen molar-refractivity contribution in [3.63, 3.8) is 0 Å². The van der Waals surface area contributed by atoms with Crippen molar-refractivity contribution in [3.8, 4) is 5.75 Å². The predicted molar refractivity (Wildman–Crippen MR) is 127 cm³/mol. The van der Waals surface area contributed by atoms with E-state index < -0.39 is 17.0 Å². The number of benzene rings is 3. The summed E-state index contributed by atoms with van der Waals surface area (Å²) < 4.78 is 0. The first-order chi connectivity index (χ1) is 13.9. The molecule has 0 saturated heterocycles. The molecule has 1 atom stereocenters. The Morgan fingerprint density at radius 3 is 2.24 bits per heavy atom. The molecule has 6 heteroatoms. The average molecular weight is 482 g/mol. The van der Waals surface area contributed by atoms with E-state index in [1.54, 1.807) is 0 Å². The molecule has 0 heterocycles. The molecule has 0 radical (unpaired) electrons. The van der Waals surface area contributed by atoms with Gasteiger partial charge in [0.05, 0.1) is 0 Å². The molecule has 0 amide bonds. The van der Waals surface area contributed by atoms with Crippen LogP contribution in [0, 0.1) is 20.8 Å². The first-order valence-corrected chi connectivity index (χ1v) is 14.5. The number of anilines is 1. The van der Waals surface area contributed by atoms with Crippen LogP contribution in [0.5, 0.6) is 5.75 Å². The van der Waals surface area contributed by atoms with Gasteiger partial charge in [-0.25, -0.2) is 0 Å². The number of halogens is 2. The molecule has 0 aromatic heterocycles. The summed E-state index contributed by atoms with van der Waals surface area (Å²) in [4.78, 5) is 2.30. The third-order valence-electron chi connectivity index (χ3n) is 4.63. The van der Waals surface area contributed by atoms with Gasteiger partial charge < -0.3 is 10.0 Å². The van der Waals surface area contributed by atoms with Gasteiger partial charge >= 0.3 is 35.6 Å². The van der Waals surface area contributed by atoms with Crippen LogP contribution < -0.4 is 15.5 Å². The van der Waals surface area contributed by atoms with Crippen molar-refractivity contribution >= 4 is 43.5 Å². The van der Waals surface area contributed by atoms with Gasteiger partial charge in [-0.1, -0.05) is 57.1 Å². The molecular weight excluding hydrogens is 456 g/mol. The molecule has 0 fully saturated rings. The second-order valence-corrected chi connectivity index (χ2v) is 10.9. The van der Waals surface area contributed by atoms with Gasteiger partial charge in [-0.05, 0) is 55.2 Å². The zero-order valence-corrected chi connectivity index (χ0v) is 21.2. The average Bonchev–Trinajstić information content (AvgIpc) is 2.68. The molecule has 2 nitrogen and oxygen atoms in total. The van der Waals surface area contributed by atoms with Crippen molar-refractivity contribution in [2.24, 2.45) is 0 Å². The van der Waals surface area contributed by atoms with Crippen LogP contribution in [0.25, 0.3) is 0 Å². The minimum absolute atomic E-state index is 0.425. The second-order valence-electron chi connectivity index (χ2n) is 6.99. The first-order valence-electron chi connectivity index (χ1n) is 9.25. The van der Waals surface area contributed by atoms with E-state index >= 15 is 0 Å². The van der Waals surface area contributed by atoms with E-state index in [-0.39, 0.29) is 0 Å². The normalized spacial score (nSPS) is 10.6. The van der Waals surface area contributed by atoms with Crippen molar-refractivity contribution in [2.45, 2.75) is 27.3 Å². The molecule has 0 aliphatic carbocycles. The van der Waals surface area contributed by atoms with E-state index in [2.05, 4.69) is 74.3 Å². The van der Waals surface area contributed by atoms with E-state index in [0.29, 0.717) is 14.3 Å². The Balaban J connectivity index is 0.000000941. The fourth-order valence-electron chi connectivity index (χ4n) is 3.27. The molecule has 0 aliphatic rings. The standard InChI is InChI=1S/C23H26NOP.2ClH.Ti/c1-16-13-18(3)22(25)21(14-16)26-23-17(2)9-8-12-20(23)24(4)15-19-10-6-5-7-11-19;;;/h5-14,25-26H,15H2,1-4H3;2*1H;/q;;;+2/p-2. The van der Waals surface area contributed by atoms with Crippen LogP contribution in [-0.2, 0) is 23.6 Å².